The molecule has 0 radical (unpaired) electrons. The normalized spacial score (nSPS) is 13.5. The van der Waals surface area contributed by atoms with Crippen molar-refractivity contribution in [3.05, 3.63) is 126 Å². The second kappa shape index (κ2) is 8.49. The third-order valence-electron chi connectivity index (χ3n) is 6.63. The number of fused-ring (bicyclic) bond motifs is 2. The summed E-state index contributed by atoms with van der Waals surface area (Å²) in [5.41, 5.74) is 3.39. The van der Waals surface area contributed by atoms with E-state index in [2.05, 4.69) is 97.7 Å². The van der Waals surface area contributed by atoms with Gasteiger partial charge in [0.2, 0.25) is 0 Å². The molecule has 0 unspecified atom stereocenters. The SMILES string of the molecule is C[C@H](c1cccc2ccccc12)N(C)[C@H](c1ccccc1)c1c(O)ccc2ccccc12. The first kappa shape index (κ1) is 20.3. The lowest BCUT2D eigenvalue weighted by atomic mass is 9.89. The monoisotopic (exact) mass is 417 g/mol. The summed E-state index contributed by atoms with van der Waals surface area (Å²) < 4.78 is 0. The van der Waals surface area contributed by atoms with Gasteiger partial charge in [-0.15, -0.1) is 0 Å². The maximum absolute atomic E-state index is 11.1. The fourth-order valence-electron chi connectivity index (χ4n) is 4.87. The molecule has 0 saturated carbocycles. The molecule has 5 aromatic carbocycles. The summed E-state index contributed by atoms with van der Waals surface area (Å²) in [6, 6.07) is 37.7. The van der Waals surface area contributed by atoms with Crippen molar-refractivity contribution in [2.45, 2.75) is 19.0 Å². The molecule has 0 aliphatic heterocycles. The second-order valence-corrected chi connectivity index (χ2v) is 8.44. The Morgan fingerprint density at radius 1 is 0.625 bits per heavy atom. The van der Waals surface area contributed by atoms with Crippen LogP contribution in [0.15, 0.2) is 109 Å². The summed E-state index contributed by atoms with van der Waals surface area (Å²) in [5.74, 6) is 0.328. The van der Waals surface area contributed by atoms with Gasteiger partial charge in [0.1, 0.15) is 5.75 Å². The molecule has 0 fully saturated rings. The lowest BCUT2D eigenvalue weighted by molar-refractivity contribution is 0.212. The van der Waals surface area contributed by atoms with Gasteiger partial charge in [-0.2, -0.15) is 0 Å². The minimum atomic E-state index is -0.101. The van der Waals surface area contributed by atoms with E-state index in [1.807, 2.05) is 30.3 Å². The summed E-state index contributed by atoms with van der Waals surface area (Å²) in [7, 11) is 2.16. The Morgan fingerprint density at radius 3 is 1.97 bits per heavy atom. The number of rotatable bonds is 5. The maximum Gasteiger partial charge on any atom is 0.121 e. The van der Waals surface area contributed by atoms with Crippen molar-refractivity contribution in [1.29, 1.82) is 0 Å². The highest BCUT2D eigenvalue weighted by Crippen LogP contribution is 2.42. The number of phenols is 1. The zero-order valence-corrected chi connectivity index (χ0v) is 18.4. The number of benzene rings is 5. The van der Waals surface area contributed by atoms with Crippen LogP contribution in [-0.2, 0) is 0 Å². The summed E-state index contributed by atoms with van der Waals surface area (Å²) in [6.07, 6.45) is 0. The number of hydrogen-bond donors (Lipinski definition) is 1. The minimum absolute atomic E-state index is 0.101. The van der Waals surface area contributed by atoms with Crippen molar-refractivity contribution in [2.24, 2.45) is 0 Å². The molecular formula is C30H27NO. The van der Waals surface area contributed by atoms with E-state index in [1.165, 1.54) is 16.3 Å². The molecule has 0 amide bonds. The van der Waals surface area contributed by atoms with Crippen LogP contribution in [0.5, 0.6) is 5.75 Å². The van der Waals surface area contributed by atoms with Gasteiger partial charge in [-0.05, 0) is 52.7 Å². The van der Waals surface area contributed by atoms with Gasteiger partial charge in [-0.3, -0.25) is 4.90 Å². The Labute approximate surface area is 189 Å². The Bertz CT molecular complexity index is 1370. The molecule has 158 valence electrons. The predicted octanol–water partition coefficient (Wildman–Crippen LogP) is 7.48. The van der Waals surface area contributed by atoms with Crippen LogP contribution in [0.4, 0.5) is 0 Å². The highest BCUT2D eigenvalue weighted by Gasteiger charge is 2.28. The Kier molecular flexibility index (Phi) is 5.38. The summed E-state index contributed by atoms with van der Waals surface area (Å²) in [4.78, 5) is 2.37. The molecular weight excluding hydrogens is 390 g/mol. The largest absolute Gasteiger partial charge is 0.508 e. The van der Waals surface area contributed by atoms with E-state index in [0.29, 0.717) is 5.75 Å². The van der Waals surface area contributed by atoms with Crippen molar-refractivity contribution in [3.63, 3.8) is 0 Å². The molecule has 0 heterocycles. The third kappa shape index (κ3) is 3.53. The van der Waals surface area contributed by atoms with Gasteiger partial charge in [0, 0.05) is 11.6 Å². The standard InChI is InChI=1S/C30H27NO/c1-21(25-18-10-15-22-11-6-8-16-26(22)25)31(2)30(24-13-4-3-5-14-24)29-27-17-9-7-12-23(27)19-20-28(29)32/h3-21,30,32H,1-2H3/t21-,30-/m1/s1. The molecule has 0 spiro atoms. The summed E-state index contributed by atoms with van der Waals surface area (Å²) >= 11 is 0. The van der Waals surface area contributed by atoms with Crippen LogP contribution >= 0.6 is 0 Å². The molecule has 5 aromatic rings. The smallest absolute Gasteiger partial charge is 0.121 e. The van der Waals surface area contributed by atoms with Crippen molar-refractivity contribution in [1.82, 2.24) is 4.90 Å². The zero-order chi connectivity index (χ0) is 22.1. The number of hydrogen-bond acceptors (Lipinski definition) is 2. The van der Waals surface area contributed by atoms with E-state index in [9.17, 15) is 5.11 Å². The number of aromatic hydroxyl groups is 1. The highest BCUT2D eigenvalue weighted by molar-refractivity contribution is 5.89. The van der Waals surface area contributed by atoms with Crippen LogP contribution in [0.1, 0.15) is 35.7 Å². The van der Waals surface area contributed by atoms with E-state index >= 15 is 0 Å². The van der Waals surface area contributed by atoms with Crippen LogP contribution in [0.2, 0.25) is 0 Å². The fourth-order valence-corrected chi connectivity index (χ4v) is 4.87. The molecule has 0 aromatic heterocycles. The van der Waals surface area contributed by atoms with E-state index in [4.69, 9.17) is 0 Å². The van der Waals surface area contributed by atoms with Crippen LogP contribution in [0, 0.1) is 0 Å². The fraction of sp³-hybridized carbons (Fsp3) is 0.133. The first-order chi connectivity index (χ1) is 15.6. The zero-order valence-electron chi connectivity index (χ0n) is 18.4. The van der Waals surface area contributed by atoms with Gasteiger partial charge < -0.3 is 5.11 Å². The molecule has 0 aliphatic rings. The van der Waals surface area contributed by atoms with Crippen molar-refractivity contribution < 1.29 is 5.11 Å². The number of nitrogens with zero attached hydrogens (tertiary/aromatic N) is 1. The molecule has 2 nitrogen and oxygen atoms in total. The third-order valence-corrected chi connectivity index (χ3v) is 6.63. The van der Waals surface area contributed by atoms with Gasteiger partial charge in [0.15, 0.2) is 0 Å². The van der Waals surface area contributed by atoms with Crippen molar-refractivity contribution >= 4 is 21.5 Å². The topological polar surface area (TPSA) is 23.5 Å². The molecule has 2 heteroatoms. The van der Waals surface area contributed by atoms with Crippen LogP contribution in [0.25, 0.3) is 21.5 Å². The van der Waals surface area contributed by atoms with E-state index in [-0.39, 0.29) is 12.1 Å². The molecule has 2 atom stereocenters. The molecule has 0 saturated heterocycles. The van der Waals surface area contributed by atoms with E-state index in [0.717, 1.165) is 21.9 Å². The molecule has 0 bridgehead atoms. The predicted molar refractivity (Wildman–Crippen MR) is 134 cm³/mol. The second-order valence-electron chi connectivity index (χ2n) is 8.44. The van der Waals surface area contributed by atoms with Gasteiger partial charge in [-0.1, -0.05) is 103 Å². The molecule has 32 heavy (non-hydrogen) atoms. The first-order valence-corrected chi connectivity index (χ1v) is 11.1. The average molecular weight is 418 g/mol. The molecule has 5 rings (SSSR count). The molecule has 1 N–H and O–H groups in total. The van der Waals surface area contributed by atoms with E-state index < -0.39 is 0 Å². The van der Waals surface area contributed by atoms with Crippen LogP contribution < -0.4 is 0 Å². The Hall–Kier alpha value is -3.62. The highest BCUT2D eigenvalue weighted by atomic mass is 16.3. The first-order valence-electron chi connectivity index (χ1n) is 11.1. The van der Waals surface area contributed by atoms with Gasteiger partial charge in [0.25, 0.3) is 0 Å². The van der Waals surface area contributed by atoms with Crippen LogP contribution in [0.3, 0.4) is 0 Å². The minimum Gasteiger partial charge on any atom is -0.508 e. The summed E-state index contributed by atoms with van der Waals surface area (Å²) in [5, 5.41) is 15.8. The van der Waals surface area contributed by atoms with E-state index in [1.54, 1.807) is 0 Å². The lowest BCUT2D eigenvalue weighted by Crippen LogP contribution is -2.29. The van der Waals surface area contributed by atoms with Gasteiger partial charge in [0.05, 0.1) is 6.04 Å². The lowest BCUT2D eigenvalue weighted by Gasteiger charge is -2.35. The van der Waals surface area contributed by atoms with Gasteiger partial charge >= 0.3 is 0 Å². The molecule has 0 aliphatic carbocycles. The van der Waals surface area contributed by atoms with Crippen molar-refractivity contribution in [2.75, 3.05) is 7.05 Å². The Morgan fingerprint density at radius 2 is 1.22 bits per heavy atom. The van der Waals surface area contributed by atoms with Crippen LogP contribution in [-0.4, -0.2) is 17.1 Å². The van der Waals surface area contributed by atoms with Crippen molar-refractivity contribution in [3.8, 4) is 5.75 Å². The Balaban J connectivity index is 1.70. The average Bonchev–Trinajstić information content (AvgIpc) is 2.85. The summed E-state index contributed by atoms with van der Waals surface area (Å²) in [6.45, 7) is 2.25. The maximum atomic E-state index is 11.1. The number of phenolic OH excluding ortho intramolecular Hbond substituents is 1. The van der Waals surface area contributed by atoms with Gasteiger partial charge in [-0.25, -0.2) is 0 Å². The quantitative estimate of drug-likeness (QED) is 0.320.